The lowest BCUT2D eigenvalue weighted by atomic mass is 10.3. The second kappa shape index (κ2) is 8.87. The van der Waals surface area contributed by atoms with Gasteiger partial charge in [-0.3, -0.25) is 9.59 Å². The van der Waals surface area contributed by atoms with Crippen molar-refractivity contribution in [1.82, 2.24) is 9.29 Å². The van der Waals surface area contributed by atoms with Crippen LogP contribution in [0.2, 0.25) is 5.02 Å². The number of hydrogen-bond donors (Lipinski definition) is 2. The number of carbonyl (C=O) groups is 2. The zero-order chi connectivity index (χ0) is 21.0. The number of hydrogen-bond acceptors (Lipinski definition) is 6. The number of sulfonamides is 1. The highest BCUT2D eigenvalue weighted by Crippen LogP contribution is 2.27. The highest BCUT2D eigenvalue weighted by Gasteiger charge is 2.27. The molecule has 0 saturated carbocycles. The van der Waals surface area contributed by atoms with Gasteiger partial charge >= 0.3 is 11.8 Å². The third-order valence-electron chi connectivity index (χ3n) is 4.13. The van der Waals surface area contributed by atoms with Crippen molar-refractivity contribution in [3.05, 3.63) is 47.1 Å². The summed E-state index contributed by atoms with van der Waals surface area (Å²) in [5, 5.41) is 4.81. The number of morpholine rings is 1. The van der Waals surface area contributed by atoms with Gasteiger partial charge in [-0.2, -0.15) is 4.31 Å². The van der Waals surface area contributed by atoms with Crippen molar-refractivity contribution < 1.29 is 22.7 Å². The summed E-state index contributed by atoms with van der Waals surface area (Å²) in [6, 6.07) is 8.90. The molecule has 1 aliphatic heterocycles. The average molecular weight is 439 g/mol. The fourth-order valence-electron chi connectivity index (χ4n) is 2.66. The molecular weight excluding hydrogens is 420 g/mol. The highest BCUT2D eigenvalue weighted by atomic mass is 35.5. The molecule has 0 unspecified atom stereocenters. The standard InChI is InChI=1S/C18H19ClN4O5S/c1-12-3-2-4-16(20-12)22-18(25)17(24)21-15-11-13(5-6-14(15)19)29(26,27)23-7-9-28-10-8-23/h2-6,11H,7-10H2,1H3,(H,21,24)(H,20,22,25). The Morgan fingerprint density at radius 1 is 1.10 bits per heavy atom. The minimum atomic E-state index is -3.78. The quantitative estimate of drug-likeness (QED) is 0.701. The molecule has 154 valence electrons. The molecule has 2 heterocycles. The van der Waals surface area contributed by atoms with E-state index in [0.29, 0.717) is 18.9 Å². The minimum Gasteiger partial charge on any atom is -0.379 e. The van der Waals surface area contributed by atoms with Crippen LogP contribution in [0.25, 0.3) is 0 Å². The molecule has 29 heavy (non-hydrogen) atoms. The zero-order valence-electron chi connectivity index (χ0n) is 15.5. The van der Waals surface area contributed by atoms with Gasteiger partial charge in [-0.1, -0.05) is 17.7 Å². The third kappa shape index (κ3) is 5.10. The van der Waals surface area contributed by atoms with E-state index in [2.05, 4.69) is 15.6 Å². The second-order valence-electron chi connectivity index (χ2n) is 6.23. The van der Waals surface area contributed by atoms with E-state index in [-0.39, 0.29) is 34.5 Å². The Bertz CT molecular complexity index is 1040. The van der Waals surface area contributed by atoms with Crippen LogP contribution in [0.1, 0.15) is 5.69 Å². The number of rotatable bonds is 4. The summed E-state index contributed by atoms with van der Waals surface area (Å²) in [6.07, 6.45) is 0. The van der Waals surface area contributed by atoms with Crippen molar-refractivity contribution in [2.45, 2.75) is 11.8 Å². The first-order chi connectivity index (χ1) is 13.8. The van der Waals surface area contributed by atoms with Gasteiger partial charge in [0.25, 0.3) is 0 Å². The Morgan fingerprint density at radius 2 is 1.79 bits per heavy atom. The van der Waals surface area contributed by atoms with E-state index in [9.17, 15) is 18.0 Å². The lowest BCUT2D eigenvalue weighted by Gasteiger charge is -2.26. The third-order valence-corrected chi connectivity index (χ3v) is 6.35. The van der Waals surface area contributed by atoms with Gasteiger partial charge in [-0.15, -0.1) is 0 Å². The molecule has 1 fully saturated rings. The van der Waals surface area contributed by atoms with Crippen molar-refractivity contribution in [3.8, 4) is 0 Å². The van der Waals surface area contributed by atoms with Gasteiger partial charge in [-0.05, 0) is 37.3 Å². The van der Waals surface area contributed by atoms with Crippen molar-refractivity contribution in [1.29, 1.82) is 0 Å². The van der Waals surface area contributed by atoms with E-state index in [1.54, 1.807) is 25.1 Å². The summed E-state index contributed by atoms with van der Waals surface area (Å²) in [5.74, 6) is -1.74. The molecule has 0 spiro atoms. The van der Waals surface area contributed by atoms with Crippen LogP contribution in [-0.4, -0.2) is 55.8 Å². The van der Waals surface area contributed by atoms with Crippen LogP contribution in [0, 0.1) is 6.92 Å². The summed E-state index contributed by atoms with van der Waals surface area (Å²) in [6.45, 7) is 2.83. The fourth-order valence-corrected chi connectivity index (χ4v) is 4.26. The van der Waals surface area contributed by atoms with Crippen LogP contribution in [0.15, 0.2) is 41.3 Å². The predicted octanol–water partition coefficient (Wildman–Crippen LogP) is 1.64. The molecule has 1 aromatic heterocycles. The maximum Gasteiger partial charge on any atom is 0.315 e. The lowest BCUT2D eigenvalue weighted by Crippen LogP contribution is -2.40. The minimum absolute atomic E-state index is 0.0124. The summed E-state index contributed by atoms with van der Waals surface area (Å²) in [5.41, 5.74) is 0.686. The number of aryl methyl sites for hydroxylation is 1. The predicted molar refractivity (Wildman–Crippen MR) is 107 cm³/mol. The van der Waals surface area contributed by atoms with E-state index < -0.39 is 21.8 Å². The fraction of sp³-hybridized carbons (Fsp3) is 0.278. The second-order valence-corrected chi connectivity index (χ2v) is 8.58. The summed E-state index contributed by atoms with van der Waals surface area (Å²) in [7, 11) is -3.78. The number of anilines is 2. The number of aromatic nitrogens is 1. The molecule has 0 radical (unpaired) electrons. The van der Waals surface area contributed by atoms with Gasteiger partial charge in [0.1, 0.15) is 5.82 Å². The molecule has 1 aromatic carbocycles. The van der Waals surface area contributed by atoms with Crippen LogP contribution in [0.4, 0.5) is 11.5 Å². The normalized spacial score (nSPS) is 15.0. The molecule has 2 aromatic rings. The van der Waals surface area contributed by atoms with Crippen LogP contribution < -0.4 is 10.6 Å². The van der Waals surface area contributed by atoms with Crippen molar-refractivity contribution in [2.75, 3.05) is 36.9 Å². The van der Waals surface area contributed by atoms with E-state index in [4.69, 9.17) is 16.3 Å². The molecule has 1 aliphatic rings. The Hall–Kier alpha value is -2.53. The summed E-state index contributed by atoms with van der Waals surface area (Å²) >= 11 is 6.07. The van der Waals surface area contributed by atoms with Crippen LogP contribution in [0.5, 0.6) is 0 Å². The number of ether oxygens (including phenoxy) is 1. The van der Waals surface area contributed by atoms with Crippen molar-refractivity contribution >= 4 is 44.9 Å². The van der Waals surface area contributed by atoms with Crippen molar-refractivity contribution in [3.63, 3.8) is 0 Å². The Kier molecular flexibility index (Phi) is 6.48. The first kappa shape index (κ1) is 21.2. The molecule has 3 rings (SSSR count). The van der Waals surface area contributed by atoms with E-state index in [1.807, 2.05) is 0 Å². The maximum absolute atomic E-state index is 12.8. The SMILES string of the molecule is Cc1cccc(NC(=O)C(=O)Nc2cc(S(=O)(=O)N3CCOCC3)ccc2Cl)n1. The average Bonchev–Trinajstić information content (AvgIpc) is 2.70. The molecule has 11 heteroatoms. The van der Waals surface area contributed by atoms with Crippen LogP contribution in [-0.2, 0) is 24.3 Å². The number of nitrogens with one attached hydrogen (secondary N) is 2. The van der Waals surface area contributed by atoms with E-state index in [1.165, 1.54) is 22.5 Å². The Balaban J connectivity index is 1.75. The molecule has 0 atom stereocenters. The number of amides is 2. The topological polar surface area (TPSA) is 118 Å². The van der Waals surface area contributed by atoms with Gasteiger partial charge in [0.2, 0.25) is 10.0 Å². The number of halogens is 1. The van der Waals surface area contributed by atoms with Gasteiger partial charge in [0.15, 0.2) is 0 Å². The smallest absolute Gasteiger partial charge is 0.315 e. The van der Waals surface area contributed by atoms with Gasteiger partial charge < -0.3 is 15.4 Å². The van der Waals surface area contributed by atoms with Gasteiger partial charge in [0.05, 0.1) is 28.8 Å². The number of nitrogens with zero attached hydrogens (tertiary/aromatic N) is 2. The van der Waals surface area contributed by atoms with Gasteiger partial charge in [0, 0.05) is 18.8 Å². The number of benzene rings is 1. The summed E-state index contributed by atoms with van der Waals surface area (Å²) < 4.78 is 32.0. The number of carbonyl (C=O) groups excluding carboxylic acids is 2. The zero-order valence-corrected chi connectivity index (χ0v) is 17.1. The van der Waals surface area contributed by atoms with Gasteiger partial charge in [-0.25, -0.2) is 13.4 Å². The molecule has 9 nitrogen and oxygen atoms in total. The molecule has 2 N–H and O–H groups in total. The largest absolute Gasteiger partial charge is 0.379 e. The number of pyridine rings is 1. The molecule has 2 amide bonds. The van der Waals surface area contributed by atoms with E-state index in [0.717, 1.165) is 0 Å². The van der Waals surface area contributed by atoms with Crippen LogP contribution in [0.3, 0.4) is 0 Å². The first-order valence-electron chi connectivity index (χ1n) is 8.71. The maximum atomic E-state index is 12.8. The van der Waals surface area contributed by atoms with E-state index >= 15 is 0 Å². The first-order valence-corrected chi connectivity index (χ1v) is 10.5. The Morgan fingerprint density at radius 3 is 2.48 bits per heavy atom. The van der Waals surface area contributed by atoms with Crippen LogP contribution >= 0.6 is 11.6 Å². The van der Waals surface area contributed by atoms with Crippen molar-refractivity contribution in [2.24, 2.45) is 0 Å². The molecule has 1 saturated heterocycles. The monoisotopic (exact) mass is 438 g/mol. The lowest BCUT2D eigenvalue weighted by molar-refractivity contribution is -0.133. The summed E-state index contributed by atoms with van der Waals surface area (Å²) in [4.78, 5) is 28.4. The molecular formula is C18H19ClN4O5S. The molecule has 0 aliphatic carbocycles. The Labute approximate surface area is 173 Å². The molecule has 0 bridgehead atoms. The highest BCUT2D eigenvalue weighted by molar-refractivity contribution is 7.89.